The highest BCUT2D eigenvalue weighted by atomic mass is 35.5. The number of aromatic nitrogens is 2. The number of fused-ring (bicyclic) bond motifs is 1. The van der Waals surface area contributed by atoms with E-state index >= 15 is 0 Å². The first-order valence-electron chi connectivity index (χ1n) is 7.46. The van der Waals surface area contributed by atoms with Crippen LogP contribution in [0.3, 0.4) is 0 Å². The van der Waals surface area contributed by atoms with Gasteiger partial charge in [-0.05, 0) is 56.2 Å². The number of imidazole rings is 1. The summed E-state index contributed by atoms with van der Waals surface area (Å²) >= 11 is 6.02. The minimum absolute atomic E-state index is 0.674. The van der Waals surface area contributed by atoms with Gasteiger partial charge >= 0.3 is 0 Å². The highest BCUT2D eigenvalue weighted by Crippen LogP contribution is 2.21. The van der Waals surface area contributed by atoms with Crippen molar-refractivity contribution in [2.24, 2.45) is 0 Å². The zero-order chi connectivity index (χ0) is 15.5. The predicted octanol–water partition coefficient (Wildman–Crippen LogP) is 4.78. The van der Waals surface area contributed by atoms with E-state index in [1.807, 2.05) is 50.2 Å². The lowest BCUT2D eigenvalue weighted by Gasteiger charge is -2.09. The smallest absolute Gasteiger partial charge is 0.119 e. The van der Waals surface area contributed by atoms with Crippen LogP contribution in [0.2, 0.25) is 5.02 Å². The van der Waals surface area contributed by atoms with Crippen molar-refractivity contribution in [3.8, 4) is 5.75 Å². The molecule has 0 saturated carbocycles. The Morgan fingerprint density at radius 2 is 1.95 bits per heavy atom. The minimum Gasteiger partial charge on any atom is -0.494 e. The molecule has 4 heteroatoms. The highest BCUT2D eigenvalue weighted by molar-refractivity contribution is 6.31. The summed E-state index contributed by atoms with van der Waals surface area (Å²) in [5.74, 6) is 1.91. The largest absolute Gasteiger partial charge is 0.494 e. The quantitative estimate of drug-likeness (QED) is 0.634. The Labute approximate surface area is 135 Å². The molecule has 0 amide bonds. The molecular formula is C18H19ClN2O. The molecule has 0 radical (unpaired) electrons. The molecule has 0 fully saturated rings. The van der Waals surface area contributed by atoms with Gasteiger partial charge in [0.25, 0.3) is 0 Å². The van der Waals surface area contributed by atoms with Crippen LogP contribution < -0.4 is 4.74 Å². The summed E-state index contributed by atoms with van der Waals surface area (Å²) in [6.07, 6.45) is 0.933. The summed E-state index contributed by atoms with van der Waals surface area (Å²) in [5.41, 5.74) is 3.27. The van der Waals surface area contributed by atoms with Gasteiger partial charge in [0.2, 0.25) is 0 Å². The van der Waals surface area contributed by atoms with E-state index in [1.165, 1.54) is 5.52 Å². The second-order valence-corrected chi connectivity index (χ2v) is 5.82. The van der Waals surface area contributed by atoms with Crippen LogP contribution in [0.1, 0.15) is 17.8 Å². The number of halogens is 1. The second kappa shape index (κ2) is 6.41. The minimum atomic E-state index is 0.674. The zero-order valence-corrected chi connectivity index (χ0v) is 13.6. The van der Waals surface area contributed by atoms with Crippen molar-refractivity contribution >= 4 is 22.6 Å². The van der Waals surface area contributed by atoms with Crippen molar-refractivity contribution < 1.29 is 4.74 Å². The fourth-order valence-corrected chi connectivity index (χ4v) is 2.72. The SMILES string of the molecule is Cc1cc(OCCCn2c(C)nc3ccccc32)ccc1Cl. The first-order valence-corrected chi connectivity index (χ1v) is 7.84. The van der Waals surface area contributed by atoms with Gasteiger partial charge in [0.15, 0.2) is 0 Å². The average Bonchev–Trinajstić information content (AvgIpc) is 2.83. The molecule has 0 aliphatic carbocycles. The van der Waals surface area contributed by atoms with Gasteiger partial charge in [-0.2, -0.15) is 0 Å². The third-order valence-electron chi connectivity index (χ3n) is 3.77. The number of nitrogens with zero attached hydrogens (tertiary/aromatic N) is 2. The molecule has 0 atom stereocenters. The van der Waals surface area contributed by atoms with Gasteiger partial charge < -0.3 is 9.30 Å². The van der Waals surface area contributed by atoms with Crippen LogP contribution in [0.5, 0.6) is 5.75 Å². The molecule has 0 unspecified atom stereocenters. The third kappa shape index (κ3) is 3.09. The molecule has 3 rings (SSSR count). The van der Waals surface area contributed by atoms with Gasteiger partial charge in [-0.3, -0.25) is 0 Å². The molecule has 0 bridgehead atoms. The van der Waals surface area contributed by atoms with E-state index in [4.69, 9.17) is 16.3 Å². The van der Waals surface area contributed by atoms with Crippen molar-refractivity contribution in [1.82, 2.24) is 9.55 Å². The molecule has 2 aromatic carbocycles. The summed E-state index contributed by atoms with van der Waals surface area (Å²) in [4.78, 5) is 4.58. The number of para-hydroxylation sites is 2. The maximum atomic E-state index is 6.02. The van der Waals surface area contributed by atoms with Crippen molar-refractivity contribution in [3.63, 3.8) is 0 Å². The van der Waals surface area contributed by atoms with E-state index in [2.05, 4.69) is 15.6 Å². The van der Waals surface area contributed by atoms with Crippen molar-refractivity contribution in [2.75, 3.05) is 6.61 Å². The number of ether oxygens (including phenoxy) is 1. The van der Waals surface area contributed by atoms with E-state index < -0.39 is 0 Å². The van der Waals surface area contributed by atoms with E-state index in [1.54, 1.807) is 0 Å². The molecule has 0 aliphatic rings. The molecule has 22 heavy (non-hydrogen) atoms. The summed E-state index contributed by atoms with van der Waals surface area (Å²) in [7, 11) is 0. The number of aryl methyl sites for hydroxylation is 3. The Hall–Kier alpha value is -2.00. The van der Waals surface area contributed by atoms with Crippen LogP contribution >= 0.6 is 11.6 Å². The van der Waals surface area contributed by atoms with E-state index in [0.717, 1.165) is 40.6 Å². The molecule has 3 nitrogen and oxygen atoms in total. The monoisotopic (exact) mass is 314 g/mol. The fraction of sp³-hybridized carbons (Fsp3) is 0.278. The van der Waals surface area contributed by atoms with Crippen molar-refractivity contribution in [2.45, 2.75) is 26.8 Å². The summed E-state index contributed by atoms with van der Waals surface area (Å²) in [5, 5.41) is 0.771. The fourth-order valence-electron chi connectivity index (χ4n) is 2.60. The maximum Gasteiger partial charge on any atom is 0.119 e. The second-order valence-electron chi connectivity index (χ2n) is 5.41. The summed E-state index contributed by atoms with van der Waals surface area (Å²) in [6.45, 7) is 5.60. The Morgan fingerprint density at radius 3 is 2.77 bits per heavy atom. The molecule has 0 aliphatic heterocycles. The van der Waals surface area contributed by atoms with Gasteiger partial charge in [-0.25, -0.2) is 4.98 Å². The third-order valence-corrected chi connectivity index (χ3v) is 4.19. The number of hydrogen-bond acceptors (Lipinski definition) is 2. The summed E-state index contributed by atoms with van der Waals surface area (Å²) in [6, 6.07) is 14.0. The molecule has 0 N–H and O–H groups in total. The standard InChI is InChI=1S/C18H19ClN2O/c1-13-12-15(8-9-16(13)19)22-11-5-10-21-14(2)20-17-6-3-4-7-18(17)21/h3-4,6-9,12H,5,10-11H2,1-2H3. The number of hydrogen-bond donors (Lipinski definition) is 0. The van der Waals surface area contributed by atoms with Crippen LogP contribution in [-0.4, -0.2) is 16.2 Å². The van der Waals surface area contributed by atoms with E-state index in [-0.39, 0.29) is 0 Å². The van der Waals surface area contributed by atoms with Crippen LogP contribution in [0.4, 0.5) is 0 Å². The van der Waals surface area contributed by atoms with E-state index in [0.29, 0.717) is 6.61 Å². The molecule has 1 heterocycles. The van der Waals surface area contributed by atoms with Gasteiger partial charge in [0.05, 0.1) is 17.6 Å². The lowest BCUT2D eigenvalue weighted by molar-refractivity contribution is 0.302. The topological polar surface area (TPSA) is 27.1 Å². The maximum absolute atomic E-state index is 6.02. The van der Waals surface area contributed by atoms with E-state index in [9.17, 15) is 0 Å². The Kier molecular flexibility index (Phi) is 4.34. The van der Waals surface area contributed by atoms with Gasteiger partial charge in [0, 0.05) is 11.6 Å². The van der Waals surface area contributed by atoms with Crippen LogP contribution in [0.15, 0.2) is 42.5 Å². The zero-order valence-electron chi connectivity index (χ0n) is 12.8. The van der Waals surface area contributed by atoms with Gasteiger partial charge in [-0.15, -0.1) is 0 Å². The molecular weight excluding hydrogens is 296 g/mol. The number of rotatable bonds is 5. The predicted molar refractivity (Wildman–Crippen MR) is 90.8 cm³/mol. The van der Waals surface area contributed by atoms with Crippen molar-refractivity contribution in [3.05, 3.63) is 58.9 Å². The first-order chi connectivity index (χ1) is 10.6. The normalized spacial score (nSPS) is 11.0. The lowest BCUT2D eigenvalue weighted by Crippen LogP contribution is -2.06. The van der Waals surface area contributed by atoms with Crippen molar-refractivity contribution in [1.29, 1.82) is 0 Å². The lowest BCUT2D eigenvalue weighted by atomic mass is 10.2. The molecule has 114 valence electrons. The highest BCUT2D eigenvalue weighted by Gasteiger charge is 2.06. The van der Waals surface area contributed by atoms with Crippen LogP contribution in [-0.2, 0) is 6.54 Å². The van der Waals surface area contributed by atoms with Gasteiger partial charge in [-0.1, -0.05) is 23.7 Å². The van der Waals surface area contributed by atoms with Crippen LogP contribution in [0.25, 0.3) is 11.0 Å². The van der Waals surface area contributed by atoms with Crippen LogP contribution in [0, 0.1) is 13.8 Å². The molecule has 1 aromatic heterocycles. The Morgan fingerprint density at radius 1 is 1.14 bits per heavy atom. The molecule has 0 spiro atoms. The first kappa shape index (κ1) is 14.9. The average molecular weight is 315 g/mol. The molecule has 3 aromatic rings. The van der Waals surface area contributed by atoms with Gasteiger partial charge in [0.1, 0.15) is 11.6 Å². The number of benzene rings is 2. The summed E-state index contributed by atoms with van der Waals surface area (Å²) < 4.78 is 8.04. The molecule has 0 saturated heterocycles. The Balaban J connectivity index is 1.60. The Bertz CT molecular complexity index is 795.